The predicted octanol–water partition coefficient (Wildman–Crippen LogP) is 3.30. The molecule has 1 saturated carbocycles. The van der Waals surface area contributed by atoms with E-state index in [1.54, 1.807) is 0 Å². The van der Waals surface area contributed by atoms with E-state index in [0.717, 1.165) is 37.3 Å². The number of rotatable bonds is 3. The van der Waals surface area contributed by atoms with Crippen molar-refractivity contribution in [1.29, 1.82) is 0 Å². The van der Waals surface area contributed by atoms with Gasteiger partial charge in [-0.1, -0.05) is 12.8 Å². The Kier molecular flexibility index (Phi) is 4.59. The fraction of sp³-hybridized carbons (Fsp3) is 0.667. The third-order valence-corrected chi connectivity index (χ3v) is 6.37. The second kappa shape index (κ2) is 6.76. The Labute approximate surface area is 155 Å². The van der Waals surface area contributed by atoms with E-state index in [-0.39, 0.29) is 23.4 Å². The number of carbonyl (C=O) groups excluding carboxylic acids is 1. The van der Waals surface area contributed by atoms with Crippen molar-refractivity contribution in [1.82, 2.24) is 4.90 Å². The SMILES string of the molecule is CC(N)CCC(=O)N1CC2(CCCC2)c2cc3c(cc2C1C)OCCO3. The fourth-order valence-corrected chi connectivity index (χ4v) is 4.90. The molecule has 1 aromatic carbocycles. The summed E-state index contributed by atoms with van der Waals surface area (Å²) in [6.45, 7) is 6.11. The highest BCUT2D eigenvalue weighted by Gasteiger charge is 2.46. The monoisotopic (exact) mass is 358 g/mol. The van der Waals surface area contributed by atoms with E-state index >= 15 is 0 Å². The van der Waals surface area contributed by atoms with Gasteiger partial charge in [-0.3, -0.25) is 4.79 Å². The molecule has 4 rings (SSSR count). The Hall–Kier alpha value is -1.75. The van der Waals surface area contributed by atoms with Crippen LogP contribution in [0.5, 0.6) is 11.5 Å². The number of benzene rings is 1. The largest absolute Gasteiger partial charge is 0.486 e. The van der Waals surface area contributed by atoms with Gasteiger partial charge >= 0.3 is 0 Å². The predicted molar refractivity (Wildman–Crippen MR) is 101 cm³/mol. The summed E-state index contributed by atoms with van der Waals surface area (Å²) in [5.74, 6) is 1.91. The van der Waals surface area contributed by atoms with Gasteiger partial charge in [0.25, 0.3) is 0 Å². The molecule has 0 saturated heterocycles. The Morgan fingerprint density at radius 3 is 2.58 bits per heavy atom. The summed E-state index contributed by atoms with van der Waals surface area (Å²) < 4.78 is 11.7. The summed E-state index contributed by atoms with van der Waals surface area (Å²) in [5, 5.41) is 0. The van der Waals surface area contributed by atoms with E-state index < -0.39 is 0 Å². The Bertz CT molecular complexity index is 695. The fourth-order valence-electron chi connectivity index (χ4n) is 4.90. The highest BCUT2D eigenvalue weighted by Crippen LogP contribution is 2.52. The summed E-state index contributed by atoms with van der Waals surface area (Å²) in [5.41, 5.74) is 8.55. The zero-order valence-corrected chi connectivity index (χ0v) is 15.9. The minimum absolute atomic E-state index is 0.0596. The molecule has 1 spiro atoms. The van der Waals surface area contributed by atoms with Gasteiger partial charge in [-0.2, -0.15) is 0 Å². The van der Waals surface area contributed by atoms with Crippen LogP contribution in [0.4, 0.5) is 0 Å². The lowest BCUT2D eigenvalue weighted by Crippen LogP contribution is -2.48. The van der Waals surface area contributed by atoms with Gasteiger partial charge < -0.3 is 20.1 Å². The summed E-state index contributed by atoms with van der Waals surface area (Å²) in [7, 11) is 0. The van der Waals surface area contributed by atoms with Crippen LogP contribution in [0.1, 0.15) is 69.5 Å². The van der Waals surface area contributed by atoms with E-state index in [1.165, 1.54) is 24.0 Å². The second-order valence-corrected chi connectivity index (χ2v) is 8.28. The zero-order chi connectivity index (χ0) is 18.3. The van der Waals surface area contributed by atoms with Crippen molar-refractivity contribution in [2.24, 2.45) is 5.73 Å². The highest BCUT2D eigenvalue weighted by molar-refractivity contribution is 5.77. The average Bonchev–Trinajstić information content (AvgIpc) is 3.11. The van der Waals surface area contributed by atoms with Crippen molar-refractivity contribution >= 4 is 5.91 Å². The van der Waals surface area contributed by atoms with Crippen LogP contribution >= 0.6 is 0 Å². The molecule has 26 heavy (non-hydrogen) atoms. The first kappa shape index (κ1) is 17.7. The van der Waals surface area contributed by atoms with Crippen LogP contribution in [0.2, 0.25) is 0 Å². The van der Waals surface area contributed by atoms with Crippen LogP contribution in [-0.4, -0.2) is 36.6 Å². The van der Waals surface area contributed by atoms with Crippen molar-refractivity contribution in [3.8, 4) is 11.5 Å². The van der Waals surface area contributed by atoms with Crippen molar-refractivity contribution in [3.05, 3.63) is 23.3 Å². The minimum Gasteiger partial charge on any atom is -0.486 e. The number of carbonyl (C=O) groups is 1. The second-order valence-electron chi connectivity index (χ2n) is 8.28. The lowest BCUT2D eigenvalue weighted by Gasteiger charge is -2.46. The smallest absolute Gasteiger partial charge is 0.223 e. The summed E-state index contributed by atoms with van der Waals surface area (Å²) in [6, 6.07) is 4.45. The standard InChI is InChI=1S/C21H30N2O3/c1-14(22)5-6-20(24)23-13-21(7-3-4-8-21)17-12-19-18(25-9-10-26-19)11-16(17)15(23)2/h11-12,14-15H,3-10,13,22H2,1-2H3. The first-order chi connectivity index (χ1) is 12.5. The Morgan fingerprint density at radius 1 is 1.27 bits per heavy atom. The molecule has 2 heterocycles. The maximum absolute atomic E-state index is 13.0. The van der Waals surface area contributed by atoms with Gasteiger partial charge in [0, 0.05) is 24.4 Å². The van der Waals surface area contributed by atoms with Gasteiger partial charge in [0.05, 0.1) is 6.04 Å². The van der Waals surface area contributed by atoms with Crippen LogP contribution in [0, 0.1) is 0 Å². The number of fused-ring (bicyclic) bond motifs is 3. The lowest BCUT2D eigenvalue weighted by atomic mass is 9.71. The first-order valence-electron chi connectivity index (χ1n) is 9.99. The van der Waals surface area contributed by atoms with Crippen molar-refractivity contribution in [2.45, 2.75) is 69.9 Å². The topological polar surface area (TPSA) is 64.8 Å². The zero-order valence-electron chi connectivity index (χ0n) is 15.9. The van der Waals surface area contributed by atoms with Crippen LogP contribution in [-0.2, 0) is 10.2 Å². The van der Waals surface area contributed by atoms with Crippen LogP contribution < -0.4 is 15.2 Å². The highest BCUT2D eigenvalue weighted by atomic mass is 16.6. The molecule has 2 unspecified atom stereocenters. The molecule has 2 atom stereocenters. The summed E-state index contributed by atoms with van der Waals surface area (Å²) in [4.78, 5) is 15.1. The van der Waals surface area contributed by atoms with E-state index in [4.69, 9.17) is 15.2 Å². The molecule has 5 heteroatoms. The molecule has 0 aromatic heterocycles. The molecule has 3 aliphatic rings. The molecule has 2 aliphatic heterocycles. The number of nitrogens with zero attached hydrogens (tertiary/aromatic N) is 1. The molecule has 0 bridgehead atoms. The van der Waals surface area contributed by atoms with Crippen LogP contribution in [0.25, 0.3) is 0 Å². The van der Waals surface area contributed by atoms with E-state index in [9.17, 15) is 4.79 Å². The number of ether oxygens (including phenoxy) is 2. The first-order valence-corrected chi connectivity index (χ1v) is 9.99. The van der Waals surface area contributed by atoms with Crippen molar-refractivity contribution < 1.29 is 14.3 Å². The van der Waals surface area contributed by atoms with Gasteiger partial charge in [-0.05, 0) is 56.4 Å². The van der Waals surface area contributed by atoms with E-state index in [2.05, 4.69) is 24.0 Å². The van der Waals surface area contributed by atoms with Gasteiger partial charge in [0.15, 0.2) is 11.5 Å². The molecule has 2 N–H and O–H groups in total. The van der Waals surface area contributed by atoms with E-state index in [0.29, 0.717) is 19.6 Å². The lowest BCUT2D eigenvalue weighted by molar-refractivity contribution is -0.135. The molecule has 0 radical (unpaired) electrons. The number of nitrogens with two attached hydrogens (primary N) is 1. The number of hydrogen-bond donors (Lipinski definition) is 1. The molecular formula is C21H30N2O3. The molecule has 1 amide bonds. The Balaban J connectivity index is 1.72. The molecule has 1 aliphatic carbocycles. The van der Waals surface area contributed by atoms with Gasteiger partial charge in [-0.15, -0.1) is 0 Å². The summed E-state index contributed by atoms with van der Waals surface area (Å²) in [6.07, 6.45) is 6.00. The third kappa shape index (κ3) is 2.96. The van der Waals surface area contributed by atoms with Crippen LogP contribution in [0.15, 0.2) is 12.1 Å². The van der Waals surface area contributed by atoms with Gasteiger partial charge in [-0.25, -0.2) is 0 Å². The van der Waals surface area contributed by atoms with Crippen LogP contribution in [0.3, 0.4) is 0 Å². The quantitative estimate of drug-likeness (QED) is 0.900. The minimum atomic E-state index is 0.0596. The molecule has 1 aromatic rings. The van der Waals surface area contributed by atoms with Crippen molar-refractivity contribution in [2.75, 3.05) is 19.8 Å². The number of amides is 1. The maximum atomic E-state index is 13.0. The molecule has 5 nitrogen and oxygen atoms in total. The van der Waals surface area contributed by atoms with E-state index in [1.807, 2.05) is 6.92 Å². The van der Waals surface area contributed by atoms with Gasteiger partial charge in [0.2, 0.25) is 5.91 Å². The summed E-state index contributed by atoms with van der Waals surface area (Å²) >= 11 is 0. The Morgan fingerprint density at radius 2 is 1.92 bits per heavy atom. The molecule has 1 fully saturated rings. The van der Waals surface area contributed by atoms with Gasteiger partial charge in [0.1, 0.15) is 13.2 Å². The average molecular weight is 358 g/mol. The molecular weight excluding hydrogens is 328 g/mol. The normalized spacial score (nSPS) is 24.4. The third-order valence-electron chi connectivity index (χ3n) is 6.37. The molecule has 142 valence electrons. The van der Waals surface area contributed by atoms with Crippen molar-refractivity contribution in [3.63, 3.8) is 0 Å². The maximum Gasteiger partial charge on any atom is 0.223 e. The number of hydrogen-bond acceptors (Lipinski definition) is 4.